The Bertz CT molecular complexity index is 446. The van der Waals surface area contributed by atoms with Crippen molar-refractivity contribution in [3.05, 3.63) is 22.8 Å². The van der Waals surface area contributed by atoms with Crippen LogP contribution >= 0.6 is 0 Å². The average molecular weight is 309 g/mol. The van der Waals surface area contributed by atoms with E-state index in [1.165, 1.54) is 0 Å². The fourth-order valence-electron chi connectivity index (χ4n) is 1.83. The van der Waals surface area contributed by atoms with Crippen LogP contribution in [0.25, 0.3) is 0 Å². The second kappa shape index (κ2) is 7.65. The lowest BCUT2D eigenvalue weighted by Gasteiger charge is -2.15. The molecule has 0 amide bonds. The molecule has 0 fully saturated rings. The third-order valence-electron chi connectivity index (χ3n) is 2.94. The number of likely N-dealkylation sites (N-methyl/N-ethyl adjacent to an activating group) is 1. The normalized spacial score (nSPS) is 12.2. The molecule has 1 heterocycles. The second-order valence-corrected chi connectivity index (χ2v) is 4.70. The van der Waals surface area contributed by atoms with E-state index in [1.54, 1.807) is 13.8 Å². The number of nitrogens with zero attached hydrogens (tertiary/aromatic N) is 2. The first-order chi connectivity index (χ1) is 9.77. The molecule has 1 aromatic rings. The third-order valence-corrected chi connectivity index (χ3v) is 2.94. The summed E-state index contributed by atoms with van der Waals surface area (Å²) in [5.41, 5.74) is 2.44. The second-order valence-electron chi connectivity index (χ2n) is 4.70. The number of aromatic nitrogens is 2. The van der Waals surface area contributed by atoms with Crippen molar-refractivity contribution >= 4 is 0 Å². The van der Waals surface area contributed by atoms with Gasteiger partial charge in [0.2, 0.25) is 0 Å². The van der Waals surface area contributed by atoms with E-state index in [2.05, 4.69) is 20.0 Å². The van der Waals surface area contributed by atoms with Crippen LogP contribution in [0.4, 0.5) is 17.6 Å². The fourth-order valence-corrected chi connectivity index (χ4v) is 1.83. The topological polar surface area (TPSA) is 47.0 Å². The molecular weight excluding hydrogens is 290 g/mol. The van der Waals surface area contributed by atoms with Gasteiger partial charge in [0, 0.05) is 11.4 Å². The summed E-state index contributed by atoms with van der Waals surface area (Å²) < 4.78 is 53.9. The molecular formula is C13H19F4N3O. The highest BCUT2D eigenvalue weighted by molar-refractivity contribution is 5.24. The van der Waals surface area contributed by atoms with Crippen LogP contribution in [0.3, 0.4) is 0 Å². The Kier molecular flexibility index (Phi) is 6.47. The summed E-state index contributed by atoms with van der Waals surface area (Å²) in [6.07, 6.45) is -3.00. The smallest absolute Gasteiger partial charge is 0.330 e. The van der Waals surface area contributed by atoms with Crippen molar-refractivity contribution < 1.29 is 22.3 Å². The van der Waals surface area contributed by atoms with Gasteiger partial charge in [0.05, 0.1) is 0 Å². The zero-order chi connectivity index (χ0) is 16.0. The van der Waals surface area contributed by atoms with Gasteiger partial charge in [0.1, 0.15) is 13.2 Å². The number of hydrogen-bond donors (Lipinski definition) is 1. The Hall–Kier alpha value is -1.28. The lowest BCUT2D eigenvalue weighted by molar-refractivity contribution is -0.168. The van der Waals surface area contributed by atoms with Gasteiger partial charge < -0.3 is 10.1 Å². The van der Waals surface area contributed by atoms with Crippen molar-refractivity contribution in [3.63, 3.8) is 0 Å². The molecule has 4 nitrogen and oxygen atoms in total. The first kappa shape index (κ1) is 17.8. The SMILES string of the molecule is CNCCc1c(C)nc(COCC(F)(F)C(F)F)nc1C. The van der Waals surface area contributed by atoms with Crippen LogP contribution in [-0.4, -0.2) is 42.5 Å². The largest absolute Gasteiger partial charge is 0.367 e. The lowest BCUT2D eigenvalue weighted by atomic mass is 10.1. The molecule has 0 aliphatic carbocycles. The van der Waals surface area contributed by atoms with Crippen LogP contribution < -0.4 is 5.32 Å². The maximum atomic E-state index is 12.7. The van der Waals surface area contributed by atoms with E-state index in [1.807, 2.05) is 7.05 Å². The summed E-state index contributed by atoms with van der Waals surface area (Å²) in [6, 6.07) is 0. The van der Waals surface area contributed by atoms with Gasteiger partial charge in [-0.3, -0.25) is 0 Å². The van der Waals surface area contributed by atoms with Crippen LogP contribution in [-0.2, 0) is 17.8 Å². The first-order valence-corrected chi connectivity index (χ1v) is 6.49. The summed E-state index contributed by atoms with van der Waals surface area (Å²) in [5, 5.41) is 3.01. The van der Waals surface area contributed by atoms with E-state index >= 15 is 0 Å². The van der Waals surface area contributed by atoms with Crippen LogP contribution in [0.15, 0.2) is 0 Å². The Morgan fingerprint density at radius 1 is 1.19 bits per heavy atom. The van der Waals surface area contributed by atoms with Crippen molar-refractivity contribution in [1.29, 1.82) is 0 Å². The monoisotopic (exact) mass is 309 g/mol. The van der Waals surface area contributed by atoms with Crippen LogP contribution in [0, 0.1) is 13.8 Å². The molecule has 0 bridgehead atoms. The van der Waals surface area contributed by atoms with E-state index in [4.69, 9.17) is 0 Å². The van der Waals surface area contributed by atoms with Gasteiger partial charge in [-0.2, -0.15) is 8.78 Å². The van der Waals surface area contributed by atoms with E-state index in [0.717, 1.165) is 29.9 Å². The number of rotatable bonds is 8. The number of aryl methyl sites for hydroxylation is 2. The molecule has 0 aromatic carbocycles. The molecule has 0 saturated heterocycles. The number of alkyl halides is 4. The number of ether oxygens (including phenoxy) is 1. The predicted octanol–water partition coefficient (Wildman–Crippen LogP) is 2.27. The molecule has 0 unspecified atom stereocenters. The predicted molar refractivity (Wildman–Crippen MR) is 69.7 cm³/mol. The van der Waals surface area contributed by atoms with E-state index < -0.39 is 19.0 Å². The van der Waals surface area contributed by atoms with E-state index in [0.29, 0.717) is 0 Å². The van der Waals surface area contributed by atoms with E-state index in [9.17, 15) is 17.6 Å². The molecule has 0 radical (unpaired) electrons. The van der Waals surface area contributed by atoms with Crippen LogP contribution in [0.1, 0.15) is 22.8 Å². The van der Waals surface area contributed by atoms with Gasteiger partial charge in [-0.25, -0.2) is 18.7 Å². The Morgan fingerprint density at radius 3 is 2.24 bits per heavy atom. The Labute approximate surface area is 120 Å². The molecule has 1 N–H and O–H groups in total. The molecule has 0 aliphatic heterocycles. The number of hydrogen-bond acceptors (Lipinski definition) is 4. The highest BCUT2D eigenvalue weighted by Crippen LogP contribution is 2.23. The quantitative estimate of drug-likeness (QED) is 0.748. The minimum atomic E-state index is -4.16. The Balaban J connectivity index is 2.65. The molecule has 120 valence electrons. The zero-order valence-electron chi connectivity index (χ0n) is 12.2. The maximum Gasteiger partial charge on any atom is 0.330 e. The van der Waals surface area contributed by atoms with Gasteiger partial charge in [0.25, 0.3) is 0 Å². The molecule has 0 spiro atoms. The summed E-state index contributed by atoms with van der Waals surface area (Å²) in [7, 11) is 1.83. The molecule has 0 atom stereocenters. The summed E-state index contributed by atoms with van der Waals surface area (Å²) >= 11 is 0. The van der Waals surface area contributed by atoms with Gasteiger partial charge >= 0.3 is 12.3 Å². The number of nitrogens with one attached hydrogen (secondary N) is 1. The third kappa shape index (κ3) is 5.20. The summed E-state index contributed by atoms with van der Waals surface area (Å²) in [5.74, 6) is -3.94. The van der Waals surface area contributed by atoms with Crippen molar-refractivity contribution in [2.75, 3.05) is 20.2 Å². The molecule has 0 aliphatic rings. The zero-order valence-corrected chi connectivity index (χ0v) is 12.2. The lowest BCUT2D eigenvalue weighted by Crippen LogP contribution is -2.32. The minimum absolute atomic E-state index is 0.211. The van der Waals surface area contributed by atoms with Gasteiger partial charge in [-0.1, -0.05) is 0 Å². The molecule has 1 aromatic heterocycles. The average Bonchev–Trinajstić information content (AvgIpc) is 2.37. The molecule has 21 heavy (non-hydrogen) atoms. The standard InChI is InChI=1S/C13H19F4N3O/c1-8-10(4-5-18-3)9(2)20-11(19-8)6-21-7-13(16,17)12(14)15/h12,18H,4-7H2,1-3H3. The van der Waals surface area contributed by atoms with Gasteiger partial charge in [0.15, 0.2) is 5.82 Å². The van der Waals surface area contributed by atoms with Crippen molar-refractivity contribution in [2.45, 2.75) is 39.2 Å². The van der Waals surface area contributed by atoms with Gasteiger partial charge in [-0.15, -0.1) is 0 Å². The molecule has 1 rings (SSSR count). The first-order valence-electron chi connectivity index (χ1n) is 6.49. The van der Waals surface area contributed by atoms with Crippen molar-refractivity contribution in [3.8, 4) is 0 Å². The maximum absolute atomic E-state index is 12.7. The highest BCUT2D eigenvalue weighted by Gasteiger charge is 2.41. The van der Waals surface area contributed by atoms with Crippen molar-refractivity contribution in [2.24, 2.45) is 0 Å². The highest BCUT2D eigenvalue weighted by atomic mass is 19.3. The van der Waals surface area contributed by atoms with Crippen LogP contribution in [0.5, 0.6) is 0 Å². The fraction of sp³-hybridized carbons (Fsp3) is 0.692. The summed E-state index contributed by atoms with van der Waals surface area (Å²) in [4.78, 5) is 8.31. The Morgan fingerprint density at radius 2 is 1.76 bits per heavy atom. The molecule has 8 heteroatoms. The minimum Gasteiger partial charge on any atom is -0.367 e. The van der Waals surface area contributed by atoms with Crippen molar-refractivity contribution in [1.82, 2.24) is 15.3 Å². The summed E-state index contributed by atoms with van der Waals surface area (Å²) in [6.45, 7) is 2.67. The van der Waals surface area contributed by atoms with Crippen LogP contribution in [0.2, 0.25) is 0 Å². The number of halogens is 4. The van der Waals surface area contributed by atoms with E-state index in [-0.39, 0.29) is 12.4 Å². The van der Waals surface area contributed by atoms with Gasteiger partial charge in [-0.05, 0) is 39.4 Å². The molecule has 0 saturated carbocycles.